The van der Waals surface area contributed by atoms with Crippen LogP contribution in [0.4, 0.5) is 5.69 Å². The molecule has 0 fully saturated rings. The molecule has 2 aromatic rings. The van der Waals surface area contributed by atoms with Gasteiger partial charge in [0.2, 0.25) is 0 Å². The third-order valence-corrected chi connectivity index (χ3v) is 3.17. The van der Waals surface area contributed by atoms with Crippen LogP contribution in [0, 0.1) is 0 Å². The van der Waals surface area contributed by atoms with Crippen LogP contribution in [0.2, 0.25) is 0 Å². The number of methoxy groups -OCH3 is 1. The van der Waals surface area contributed by atoms with E-state index in [0.717, 1.165) is 5.69 Å². The number of nitrogens with zero attached hydrogens (tertiary/aromatic N) is 3. The number of carbonyl (C=O) groups is 1. The van der Waals surface area contributed by atoms with Crippen LogP contribution in [0.3, 0.4) is 0 Å². The summed E-state index contributed by atoms with van der Waals surface area (Å²) in [7, 11) is 3.21. The van der Waals surface area contributed by atoms with Gasteiger partial charge in [-0.15, -0.1) is 0 Å². The first-order chi connectivity index (χ1) is 9.13. The van der Waals surface area contributed by atoms with Crippen molar-refractivity contribution in [2.24, 2.45) is 0 Å². The number of hydrogen-bond acceptors (Lipinski definition) is 4. The molecule has 5 nitrogen and oxygen atoms in total. The zero-order valence-electron chi connectivity index (χ0n) is 10.6. The van der Waals surface area contributed by atoms with Gasteiger partial charge in [0, 0.05) is 25.1 Å². The lowest BCUT2D eigenvalue weighted by Gasteiger charge is -2.20. The fraction of sp³-hybridized carbons (Fsp3) is 0.154. The lowest BCUT2D eigenvalue weighted by molar-refractivity contribution is 0.0601. The number of carbonyl (C=O) groups excluding carboxylic acids is 1. The molecule has 98 valence electrons. The molecule has 0 radical (unpaired) electrons. The summed E-state index contributed by atoms with van der Waals surface area (Å²) in [6.07, 6.45) is 5.09. The number of ether oxygens (including phenoxy) is 1. The minimum absolute atomic E-state index is 0.355. The maximum absolute atomic E-state index is 11.3. The van der Waals surface area contributed by atoms with E-state index in [1.54, 1.807) is 35.4 Å². The van der Waals surface area contributed by atoms with Gasteiger partial charge in [0.1, 0.15) is 6.33 Å². The lowest BCUT2D eigenvalue weighted by Crippen LogP contribution is -2.29. The maximum atomic E-state index is 11.3. The Kier molecular flexibility index (Phi) is 3.91. The van der Waals surface area contributed by atoms with Gasteiger partial charge in [0.05, 0.1) is 12.7 Å². The van der Waals surface area contributed by atoms with Crippen molar-refractivity contribution < 1.29 is 9.53 Å². The number of thiocarbonyl (C=S) groups is 1. The predicted molar refractivity (Wildman–Crippen MR) is 76.4 cm³/mol. The quantitative estimate of drug-likeness (QED) is 0.619. The van der Waals surface area contributed by atoms with Crippen LogP contribution in [0.25, 0.3) is 0 Å². The molecular weight excluding hydrogens is 262 g/mol. The Morgan fingerprint density at radius 1 is 1.37 bits per heavy atom. The normalized spacial score (nSPS) is 10.0. The van der Waals surface area contributed by atoms with Gasteiger partial charge in [-0.1, -0.05) is 0 Å². The summed E-state index contributed by atoms with van der Waals surface area (Å²) in [6, 6.07) is 7.04. The molecule has 0 aliphatic carbocycles. The van der Waals surface area contributed by atoms with E-state index in [4.69, 9.17) is 12.2 Å². The van der Waals surface area contributed by atoms with E-state index in [1.807, 2.05) is 24.1 Å². The molecule has 19 heavy (non-hydrogen) atoms. The van der Waals surface area contributed by atoms with Crippen molar-refractivity contribution >= 4 is 29.0 Å². The second kappa shape index (κ2) is 5.62. The number of benzene rings is 1. The molecule has 0 aliphatic rings. The molecular formula is C13H13N3O2S. The Morgan fingerprint density at radius 2 is 2.05 bits per heavy atom. The van der Waals surface area contributed by atoms with Crippen LogP contribution in [0.1, 0.15) is 10.4 Å². The third-order valence-electron chi connectivity index (χ3n) is 2.69. The molecule has 0 amide bonds. The van der Waals surface area contributed by atoms with Crippen LogP contribution in [-0.4, -0.2) is 34.8 Å². The minimum atomic E-state index is -0.355. The fourth-order valence-corrected chi connectivity index (χ4v) is 1.81. The summed E-state index contributed by atoms with van der Waals surface area (Å²) >= 11 is 5.34. The first-order valence-electron chi connectivity index (χ1n) is 5.58. The second-order valence-corrected chi connectivity index (χ2v) is 4.22. The number of hydrogen-bond donors (Lipinski definition) is 0. The summed E-state index contributed by atoms with van der Waals surface area (Å²) in [5.41, 5.74) is 1.39. The summed E-state index contributed by atoms with van der Waals surface area (Å²) in [5.74, 6) is -0.355. The second-order valence-electron chi connectivity index (χ2n) is 3.85. The van der Waals surface area contributed by atoms with Crippen molar-refractivity contribution in [2.45, 2.75) is 0 Å². The van der Waals surface area contributed by atoms with Crippen LogP contribution < -0.4 is 4.90 Å². The molecule has 0 atom stereocenters. The highest BCUT2D eigenvalue weighted by atomic mass is 32.1. The van der Waals surface area contributed by atoms with Gasteiger partial charge in [-0.2, -0.15) is 0 Å². The number of anilines is 1. The fourth-order valence-electron chi connectivity index (χ4n) is 1.59. The SMILES string of the molecule is COC(=O)c1ccc(N(C)C(=S)n2ccnc2)cc1. The van der Waals surface area contributed by atoms with Crippen molar-refractivity contribution in [2.75, 3.05) is 19.1 Å². The van der Waals surface area contributed by atoms with Gasteiger partial charge in [0.15, 0.2) is 5.11 Å². The number of rotatable bonds is 2. The molecule has 6 heteroatoms. The molecule has 0 saturated heterocycles. The van der Waals surface area contributed by atoms with E-state index in [9.17, 15) is 4.79 Å². The van der Waals surface area contributed by atoms with Gasteiger partial charge in [-0.3, -0.25) is 4.57 Å². The summed E-state index contributed by atoms with van der Waals surface area (Å²) < 4.78 is 6.39. The zero-order valence-corrected chi connectivity index (χ0v) is 11.4. The van der Waals surface area contributed by atoms with Crippen LogP contribution in [0.15, 0.2) is 43.0 Å². The standard InChI is InChI=1S/C13H13N3O2S/c1-15(13(19)16-8-7-14-9-16)11-5-3-10(4-6-11)12(17)18-2/h3-9H,1-2H3. The Bertz CT molecular complexity index is 578. The van der Waals surface area contributed by atoms with Crippen molar-refractivity contribution in [1.29, 1.82) is 0 Å². The molecule has 1 aromatic carbocycles. The Labute approximate surface area is 116 Å². The topological polar surface area (TPSA) is 47.4 Å². The highest BCUT2D eigenvalue weighted by Crippen LogP contribution is 2.15. The summed E-state index contributed by atoms with van der Waals surface area (Å²) in [6.45, 7) is 0. The Morgan fingerprint density at radius 3 is 2.58 bits per heavy atom. The van der Waals surface area contributed by atoms with Crippen molar-refractivity contribution in [3.63, 3.8) is 0 Å². The Balaban J connectivity index is 2.18. The summed E-state index contributed by atoms with van der Waals surface area (Å²) in [5, 5.41) is 0.600. The van der Waals surface area contributed by atoms with E-state index in [-0.39, 0.29) is 5.97 Å². The monoisotopic (exact) mass is 275 g/mol. The zero-order chi connectivity index (χ0) is 13.8. The third kappa shape index (κ3) is 2.79. The number of imidazole rings is 1. The van der Waals surface area contributed by atoms with E-state index in [2.05, 4.69) is 9.72 Å². The van der Waals surface area contributed by atoms with E-state index < -0.39 is 0 Å². The van der Waals surface area contributed by atoms with Crippen molar-refractivity contribution in [3.8, 4) is 0 Å². The highest BCUT2D eigenvalue weighted by molar-refractivity contribution is 7.80. The molecule has 0 bridgehead atoms. The smallest absolute Gasteiger partial charge is 0.337 e. The molecule has 1 heterocycles. The lowest BCUT2D eigenvalue weighted by atomic mass is 10.2. The molecule has 0 saturated carbocycles. The largest absolute Gasteiger partial charge is 0.465 e. The summed E-state index contributed by atoms with van der Waals surface area (Å²) in [4.78, 5) is 17.1. The molecule has 0 N–H and O–H groups in total. The maximum Gasteiger partial charge on any atom is 0.337 e. The van der Waals surface area contributed by atoms with E-state index >= 15 is 0 Å². The Hall–Kier alpha value is -2.21. The van der Waals surface area contributed by atoms with Crippen LogP contribution in [0.5, 0.6) is 0 Å². The van der Waals surface area contributed by atoms with Crippen molar-refractivity contribution in [3.05, 3.63) is 48.5 Å². The first-order valence-corrected chi connectivity index (χ1v) is 5.98. The molecule has 0 unspecified atom stereocenters. The molecule has 0 aliphatic heterocycles. The van der Waals surface area contributed by atoms with Crippen molar-refractivity contribution in [1.82, 2.24) is 9.55 Å². The average Bonchev–Trinajstić information content (AvgIpc) is 2.99. The van der Waals surface area contributed by atoms with Gasteiger partial charge >= 0.3 is 5.97 Å². The molecule has 0 spiro atoms. The number of esters is 1. The van der Waals surface area contributed by atoms with Gasteiger partial charge in [-0.25, -0.2) is 9.78 Å². The average molecular weight is 275 g/mol. The van der Waals surface area contributed by atoms with Gasteiger partial charge in [-0.05, 0) is 36.5 Å². The molecule has 1 aromatic heterocycles. The van der Waals surface area contributed by atoms with Crippen LogP contribution in [-0.2, 0) is 4.74 Å². The number of aromatic nitrogens is 2. The molecule has 2 rings (SSSR count). The first kappa shape index (κ1) is 13.2. The van der Waals surface area contributed by atoms with E-state index in [0.29, 0.717) is 10.7 Å². The van der Waals surface area contributed by atoms with E-state index in [1.165, 1.54) is 7.11 Å². The predicted octanol–water partition coefficient (Wildman–Crippen LogP) is 1.94. The highest BCUT2D eigenvalue weighted by Gasteiger charge is 2.10. The van der Waals surface area contributed by atoms with Gasteiger partial charge < -0.3 is 9.64 Å². The minimum Gasteiger partial charge on any atom is -0.465 e. The van der Waals surface area contributed by atoms with Gasteiger partial charge in [0.25, 0.3) is 0 Å². The van der Waals surface area contributed by atoms with Crippen LogP contribution >= 0.6 is 12.2 Å².